The number of hydrazone groups is 1. The number of hydrogen-bond acceptors (Lipinski definition) is 6. The van der Waals surface area contributed by atoms with E-state index in [1.807, 2.05) is 0 Å². The number of anilines is 1. The molecular formula is C16H12F6N4O2. The maximum Gasteiger partial charge on any atom is 0.438 e. The lowest BCUT2D eigenvalue weighted by molar-refractivity contribution is -0.254. The van der Waals surface area contributed by atoms with Gasteiger partial charge in [0.1, 0.15) is 5.69 Å². The normalized spacial score (nSPS) is 23.2. The van der Waals surface area contributed by atoms with Crippen LogP contribution in [0.15, 0.2) is 34.0 Å². The molecule has 6 nitrogen and oxygen atoms in total. The molecule has 150 valence electrons. The largest absolute Gasteiger partial charge is 0.463 e. The van der Waals surface area contributed by atoms with Gasteiger partial charge in [0.2, 0.25) is 5.95 Å². The van der Waals surface area contributed by atoms with Gasteiger partial charge in [-0.2, -0.15) is 36.5 Å². The third-order valence-electron chi connectivity index (χ3n) is 4.48. The average Bonchev–Trinajstić information content (AvgIpc) is 3.16. The van der Waals surface area contributed by atoms with Gasteiger partial charge in [0.15, 0.2) is 11.5 Å². The summed E-state index contributed by atoms with van der Waals surface area (Å²) in [6.07, 6.45) is -8.66. The highest BCUT2D eigenvalue weighted by Crippen LogP contribution is 2.46. The van der Waals surface area contributed by atoms with Gasteiger partial charge in [-0.25, -0.2) is 9.97 Å². The topological polar surface area (TPSA) is 74.8 Å². The van der Waals surface area contributed by atoms with E-state index < -0.39 is 36.1 Å². The minimum Gasteiger partial charge on any atom is -0.463 e. The van der Waals surface area contributed by atoms with Crippen LogP contribution in [-0.4, -0.2) is 32.7 Å². The quantitative estimate of drug-likeness (QED) is 0.781. The van der Waals surface area contributed by atoms with Crippen LogP contribution in [0, 0.1) is 5.92 Å². The fraction of sp³-hybridized carbons (Fsp3) is 0.438. The molecule has 0 bridgehead atoms. The molecule has 0 amide bonds. The van der Waals surface area contributed by atoms with E-state index in [0.717, 1.165) is 0 Å². The number of alkyl halides is 6. The number of rotatable bonds is 3. The zero-order valence-corrected chi connectivity index (χ0v) is 13.9. The fourth-order valence-corrected chi connectivity index (χ4v) is 2.87. The number of hydrogen-bond donors (Lipinski definition) is 1. The molecule has 4 rings (SSSR count). The highest BCUT2D eigenvalue weighted by atomic mass is 19.4. The van der Waals surface area contributed by atoms with E-state index in [1.165, 1.54) is 18.4 Å². The molecule has 0 saturated heterocycles. The van der Waals surface area contributed by atoms with E-state index in [2.05, 4.69) is 15.1 Å². The second-order valence-corrected chi connectivity index (χ2v) is 6.58. The summed E-state index contributed by atoms with van der Waals surface area (Å²) in [6, 6.07) is 3.23. The zero-order chi connectivity index (χ0) is 20.3. The molecule has 0 spiro atoms. The predicted molar refractivity (Wildman–Crippen MR) is 83.0 cm³/mol. The molecule has 1 atom stereocenters. The van der Waals surface area contributed by atoms with Crippen molar-refractivity contribution in [1.29, 1.82) is 0 Å². The Labute approximate surface area is 153 Å². The maximum atomic E-state index is 13.6. The van der Waals surface area contributed by atoms with Crippen LogP contribution >= 0.6 is 0 Å². The lowest BCUT2D eigenvalue weighted by Crippen LogP contribution is -2.55. The van der Waals surface area contributed by atoms with Crippen molar-refractivity contribution in [3.05, 3.63) is 30.2 Å². The second kappa shape index (κ2) is 5.93. The summed E-state index contributed by atoms with van der Waals surface area (Å²) in [7, 11) is 0. The van der Waals surface area contributed by atoms with Crippen molar-refractivity contribution in [3.63, 3.8) is 0 Å². The van der Waals surface area contributed by atoms with E-state index in [0.29, 0.717) is 18.9 Å². The van der Waals surface area contributed by atoms with Crippen LogP contribution < -0.4 is 5.01 Å². The van der Waals surface area contributed by atoms with Gasteiger partial charge >= 0.3 is 12.4 Å². The van der Waals surface area contributed by atoms with E-state index in [1.54, 1.807) is 0 Å². The smallest absolute Gasteiger partial charge is 0.438 e. The Kier molecular flexibility index (Phi) is 3.97. The molecule has 1 aliphatic heterocycles. The number of aliphatic hydroxyl groups is 1. The van der Waals surface area contributed by atoms with Crippen LogP contribution in [0.1, 0.15) is 25.0 Å². The van der Waals surface area contributed by atoms with Gasteiger partial charge in [-0.3, -0.25) is 0 Å². The third kappa shape index (κ3) is 3.11. The number of halogens is 6. The molecule has 28 heavy (non-hydrogen) atoms. The van der Waals surface area contributed by atoms with Crippen molar-refractivity contribution in [1.82, 2.24) is 9.97 Å². The Hall–Kier alpha value is -2.63. The van der Waals surface area contributed by atoms with Gasteiger partial charge in [0, 0.05) is 12.1 Å². The Morgan fingerprint density at radius 2 is 1.86 bits per heavy atom. The summed E-state index contributed by atoms with van der Waals surface area (Å²) in [5.41, 5.74) is -5.35. The zero-order valence-electron chi connectivity index (χ0n) is 13.9. The summed E-state index contributed by atoms with van der Waals surface area (Å²) in [5, 5.41) is 14.1. The maximum absolute atomic E-state index is 13.6. The minimum atomic E-state index is -5.20. The average molecular weight is 406 g/mol. The number of aromatic nitrogens is 2. The first-order valence-corrected chi connectivity index (χ1v) is 8.16. The number of furan rings is 1. The molecule has 2 aliphatic rings. The summed E-state index contributed by atoms with van der Waals surface area (Å²) in [6.45, 7) is 0. The molecule has 2 aromatic heterocycles. The van der Waals surface area contributed by atoms with Crippen LogP contribution in [0.4, 0.5) is 32.3 Å². The molecule has 12 heteroatoms. The van der Waals surface area contributed by atoms with Crippen molar-refractivity contribution in [2.24, 2.45) is 11.0 Å². The highest BCUT2D eigenvalue weighted by molar-refractivity contribution is 5.92. The van der Waals surface area contributed by atoms with Gasteiger partial charge in [-0.1, -0.05) is 0 Å². The lowest BCUT2D eigenvalue weighted by Gasteiger charge is -2.32. The van der Waals surface area contributed by atoms with Gasteiger partial charge < -0.3 is 9.52 Å². The Bertz CT molecular complexity index is 920. The van der Waals surface area contributed by atoms with Crippen molar-refractivity contribution in [2.45, 2.75) is 37.3 Å². The molecule has 0 aromatic carbocycles. The van der Waals surface area contributed by atoms with Crippen LogP contribution in [0.3, 0.4) is 0 Å². The van der Waals surface area contributed by atoms with Crippen molar-refractivity contribution in [2.75, 3.05) is 5.01 Å². The van der Waals surface area contributed by atoms with Gasteiger partial charge in [-0.15, -0.1) is 0 Å². The van der Waals surface area contributed by atoms with Crippen LogP contribution in [0.25, 0.3) is 11.5 Å². The monoisotopic (exact) mass is 406 g/mol. The summed E-state index contributed by atoms with van der Waals surface area (Å²) >= 11 is 0. The van der Waals surface area contributed by atoms with Gasteiger partial charge in [-0.05, 0) is 37.0 Å². The highest BCUT2D eigenvalue weighted by Gasteiger charge is 2.63. The van der Waals surface area contributed by atoms with Crippen molar-refractivity contribution in [3.8, 4) is 11.5 Å². The minimum absolute atomic E-state index is 0.0301. The van der Waals surface area contributed by atoms with E-state index in [-0.39, 0.29) is 28.1 Å². The molecular weight excluding hydrogens is 394 g/mol. The fourth-order valence-electron chi connectivity index (χ4n) is 2.87. The van der Waals surface area contributed by atoms with E-state index in [4.69, 9.17) is 4.42 Å². The summed E-state index contributed by atoms with van der Waals surface area (Å²) < 4.78 is 85.5. The standard InChI is InChI=1S/C16H12F6N4O2/c17-15(18,19)12-6-9(11-2-1-5-28-11)23-13(24-12)26-14(27,16(20,21)22)7-10(25-26)8-3-4-8/h1-2,5-6,8,27H,3-4,7H2/t14-/m1/s1. The van der Waals surface area contributed by atoms with E-state index in [9.17, 15) is 31.4 Å². The van der Waals surface area contributed by atoms with Crippen LogP contribution in [0.5, 0.6) is 0 Å². The van der Waals surface area contributed by atoms with Crippen LogP contribution in [-0.2, 0) is 6.18 Å². The Morgan fingerprint density at radius 3 is 2.39 bits per heavy atom. The number of nitrogens with zero attached hydrogens (tertiary/aromatic N) is 4. The Balaban J connectivity index is 1.87. The van der Waals surface area contributed by atoms with Crippen molar-refractivity contribution >= 4 is 11.7 Å². The second-order valence-electron chi connectivity index (χ2n) is 6.58. The van der Waals surface area contributed by atoms with Gasteiger partial charge in [0.25, 0.3) is 5.72 Å². The van der Waals surface area contributed by atoms with E-state index >= 15 is 0 Å². The molecule has 3 heterocycles. The molecule has 1 saturated carbocycles. The summed E-state index contributed by atoms with van der Waals surface area (Å²) in [4.78, 5) is 6.95. The first-order valence-electron chi connectivity index (χ1n) is 8.16. The predicted octanol–water partition coefficient (Wildman–Crippen LogP) is 3.98. The summed E-state index contributed by atoms with van der Waals surface area (Å²) in [5.74, 6) is -1.36. The SMILES string of the molecule is O[C@@]1(C(F)(F)F)CC(C2CC2)=NN1c1nc(-c2ccco2)cc(C(F)(F)F)n1. The molecule has 0 radical (unpaired) electrons. The molecule has 1 N–H and O–H groups in total. The van der Waals surface area contributed by atoms with Gasteiger partial charge in [0.05, 0.1) is 6.26 Å². The first kappa shape index (κ1) is 18.7. The molecule has 1 aliphatic carbocycles. The van der Waals surface area contributed by atoms with Crippen molar-refractivity contribution < 1.29 is 35.9 Å². The Morgan fingerprint density at radius 1 is 1.14 bits per heavy atom. The third-order valence-corrected chi connectivity index (χ3v) is 4.48. The van der Waals surface area contributed by atoms with Crippen LogP contribution in [0.2, 0.25) is 0 Å². The molecule has 2 aromatic rings. The molecule has 0 unspecified atom stereocenters. The molecule has 1 fully saturated rings. The first-order chi connectivity index (χ1) is 13.0. The lowest BCUT2D eigenvalue weighted by atomic mass is 10.0.